The van der Waals surface area contributed by atoms with Gasteiger partial charge in [0.15, 0.2) is 0 Å². The van der Waals surface area contributed by atoms with E-state index < -0.39 is 0 Å². The molecule has 3 rings (SSSR count). The molecule has 19 heavy (non-hydrogen) atoms. The fourth-order valence-corrected chi connectivity index (χ4v) is 3.77. The van der Waals surface area contributed by atoms with Crippen LogP contribution in [0.2, 0.25) is 0 Å². The van der Waals surface area contributed by atoms with Crippen LogP contribution in [0.3, 0.4) is 0 Å². The number of nitrogen functional groups attached to an aromatic ring is 1. The molecule has 1 aliphatic heterocycles. The lowest BCUT2D eigenvalue weighted by Gasteiger charge is -2.45. The van der Waals surface area contributed by atoms with Gasteiger partial charge in [-0.3, -0.25) is 0 Å². The summed E-state index contributed by atoms with van der Waals surface area (Å²) >= 11 is 0. The Kier molecular flexibility index (Phi) is 3.33. The SMILES string of the molecule is N#Cc1cc(N2CCC[C@H]3CCCC[C@H]32)ccc1N. The summed E-state index contributed by atoms with van der Waals surface area (Å²) in [6, 6.07) is 8.79. The van der Waals surface area contributed by atoms with Gasteiger partial charge in [-0.25, -0.2) is 0 Å². The number of fused-ring (bicyclic) bond motifs is 1. The van der Waals surface area contributed by atoms with Crippen molar-refractivity contribution in [2.45, 2.75) is 44.6 Å². The van der Waals surface area contributed by atoms with Crippen LogP contribution < -0.4 is 10.6 Å². The quantitative estimate of drug-likeness (QED) is 0.783. The number of nitrogens with zero attached hydrogens (tertiary/aromatic N) is 2. The first kappa shape index (κ1) is 12.3. The molecule has 1 aromatic carbocycles. The van der Waals surface area contributed by atoms with E-state index in [9.17, 15) is 0 Å². The molecular weight excluding hydrogens is 234 g/mol. The van der Waals surface area contributed by atoms with Gasteiger partial charge in [0.05, 0.1) is 5.56 Å². The van der Waals surface area contributed by atoms with Crippen LogP contribution >= 0.6 is 0 Å². The number of rotatable bonds is 1. The van der Waals surface area contributed by atoms with Crippen molar-refractivity contribution < 1.29 is 0 Å². The molecule has 0 unspecified atom stereocenters. The van der Waals surface area contributed by atoms with Crippen molar-refractivity contribution >= 4 is 11.4 Å². The van der Waals surface area contributed by atoms with Crippen LogP contribution in [0.1, 0.15) is 44.1 Å². The van der Waals surface area contributed by atoms with E-state index in [4.69, 9.17) is 11.0 Å². The second kappa shape index (κ2) is 5.13. The maximum atomic E-state index is 9.13. The smallest absolute Gasteiger partial charge is 0.101 e. The van der Waals surface area contributed by atoms with Crippen LogP contribution in [0.25, 0.3) is 0 Å². The van der Waals surface area contributed by atoms with Crippen molar-refractivity contribution in [2.75, 3.05) is 17.2 Å². The van der Waals surface area contributed by atoms with Gasteiger partial charge < -0.3 is 10.6 Å². The van der Waals surface area contributed by atoms with Crippen LogP contribution in [-0.4, -0.2) is 12.6 Å². The molecule has 1 saturated heterocycles. The summed E-state index contributed by atoms with van der Waals surface area (Å²) in [5.41, 5.74) is 8.20. The topological polar surface area (TPSA) is 53.0 Å². The highest BCUT2D eigenvalue weighted by molar-refractivity contribution is 5.63. The lowest BCUT2D eigenvalue weighted by molar-refractivity contribution is 0.244. The van der Waals surface area contributed by atoms with Crippen LogP contribution in [0, 0.1) is 17.2 Å². The maximum Gasteiger partial charge on any atom is 0.101 e. The van der Waals surface area contributed by atoms with E-state index >= 15 is 0 Å². The monoisotopic (exact) mass is 255 g/mol. The number of hydrogen-bond acceptors (Lipinski definition) is 3. The molecule has 1 heterocycles. The summed E-state index contributed by atoms with van der Waals surface area (Å²) in [4.78, 5) is 2.52. The van der Waals surface area contributed by atoms with Crippen LogP contribution in [0.5, 0.6) is 0 Å². The number of hydrogen-bond donors (Lipinski definition) is 1. The molecule has 1 aliphatic carbocycles. The molecule has 0 spiro atoms. The van der Waals surface area contributed by atoms with E-state index in [2.05, 4.69) is 17.0 Å². The van der Waals surface area contributed by atoms with Gasteiger partial charge in [0.2, 0.25) is 0 Å². The standard InChI is InChI=1S/C16H21N3/c17-11-13-10-14(7-8-15(13)18)19-9-3-5-12-4-1-2-6-16(12)19/h7-8,10,12,16H,1-6,9,18H2/t12-,16-/m1/s1. The molecule has 2 aliphatic rings. The minimum Gasteiger partial charge on any atom is -0.398 e. The van der Waals surface area contributed by atoms with Gasteiger partial charge in [-0.15, -0.1) is 0 Å². The molecule has 2 N–H and O–H groups in total. The lowest BCUT2D eigenvalue weighted by atomic mass is 9.78. The van der Waals surface area contributed by atoms with Crippen molar-refractivity contribution in [1.82, 2.24) is 0 Å². The Bertz CT molecular complexity index is 501. The van der Waals surface area contributed by atoms with Gasteiger partial charge in [-0.05, 0) is 49.8 Å². The summed E-state index contributed by atoms with van der Waals surface area (Å²) < 4.78 is 0. The largest absolute Gasteiger partial charge is 0.398 e. The maximum absolute atomic E-state index is 9.13. The van der Waals surface area contributed by atoms with Crippen LogP contribution in [0.4, 0.5) is 11.4 Å². The number of nitrogens with two attached hydrogens (primary N) is 1. The average Bonchev–Trinajstić information content (AvgIpc) is 2.47. The molecule has 100 valence electrons. The minimum absolute atomic E-state index is 0.587. The third-order valence-corrected chi connectivity index (χ3v) is 4.73. The van der Waals surface area contributed by atoms with E-state index in [0.717, 1.165) is 12.5 Å². The Hall–Kier alpha value is -1.69. The van der Waals surface area contributed by atoms with E-state index in [0.29, 0.717) is 17.3 Å². The summed E-state index contributed by atoms with van der Waals surface area (Å²) in [5.74, 6) is 0.852. The number of nitriles is 1. The van der Waals surface area contributed by atoms with Gasteiger partial charge in [0, 0.05) is 24.0 Å². The fraction of sp³-hybridized carbons (Fsp3) is 0.562. The van der Waals surface area contributed by atoms with E-state index in [-0.39, 0.29) is 0 Å². The highest BCUT2D eigenvalue weighted by atomic mass is 15.2. The molecule has 0 aromatic heterocycles. The van der Waals surface area contributed by atoms with E-state index in [1.165, 1.54) is 44.2 Å². The zero-order valence-corrected chi connectivity index (χ0v) is 11.3. The van der Waals surface area contributed by atoms with E-state index in [1.807, 2.05) is 12.1 Å². The second-order valence-corrected chi connectivity index (χ2v) is 5.83. The van der Waals surface area contributed by atoms with Gasteiger partial charge >= 0.3 is 0 Å². The zero-order chi connectivity index (χ0) is 13.2. The third kappa shape index (κ3) is 2.28. The molecule has 3 nitrogen and oxygen atoms in total. The van der Waals surface area contributed by atoms with Crippen LogP contribution in [0.15, 0.2) is 18.2 Å². The summed E-state index contributed by atoms with van der Waals surface area (Å²) in [5, 5.41) is 9.13. The first-order chi connectivity index (χ1) is 9.29. The van der Waals surface area contributed by atoms with Gasteiger partial charge in [-0.1, -0.05) is 12.8 Å². The molecular formula is C16H21N3. The average molecular weight is 255 g/mol. The zero-order valence-electron chi connectivity index (χ0n) is 11.3. The molecule has 0 bridgehead atoms. The normalized spacial score (nSPS) is 26.6. The van der Waals surface area contributed by atoms with Crippen LogP contribution in [-0.2, 0) is 0 Å². The molecule has 2 atom stereocenters. The Labute approximate surface area is 115 Å². The van der Waals surface area contributed by atoms with Crippen molar-refractivity contribution in [1.29, 1.82) is 5.26 Å². The molecule has 1 aromatic rings. The van der Waals surface area contributed by atoms with Crippen molar-refractivity contribution in [2.24, 2.45) is 5.92 Å². The Morgan fingerprint density at radius 3 is 2.79 bits per heavy atom. The predicted molar refractivity (Wildman–Crippen MR) is 77.9 cm³/mol. The van der Waals surface area contributed by atoms with Gasteiger partial charge in [-0.2, -0.15) is 5.26 Å². The number of benzene rings is 1. The Balaban J connectivity index is 1.90. The van der Waals surface area contributed by atoms with Gasteiger partial charge in [0.1, 0.15) is 6.07 Å². The van der Waals surface area contributed by atoms with Crippen molar-refractivity contribution in [3.05, 3.63) is 23.8 Å². The van der Waals surface area contributed by atoms with Crippen molar-refractivity contribution in [3.8, 4) is 6.07 Å². The lowest BCUT2D eigenvalue weighted by Crippen LogP contribution is -2.46. The first-order valence-corrected chi connectivity index (χ1v) is 7.36. The summed E-state index contributed by atoms with van der Waals surface area (Å²) in [6.45, 7) is 1.12. The molecule has 0 radical (unpaired) electrons. The van der Waals surface area contributed by atoms with E-state index in [1.54, 1.807) is 0 Å². The predicted octanol–water partition coefficient (Wildman–Crippen LogP) is 3.30. The molecule has 0 amide bonds. The number of piperidine rings is 1. The van der Waals surface area contributed by atoms with Crippen molar-refractivity contribution in [3.63, 3.8) is 0 Å². The van der Waals surface area contributed by atoms with Gasteiger partial charge in [0.25, 0.3) is 0 Å². The second-order valence-electron chi connectivity index (χ2n) is 5.83. The fourth-order valence-electron chi connectivity index (χ4n) is 3.77. The first-order valence-electron chi connectivity index (χ1n) is 7.36. The molecule has 1 saturated carbocycles. The highest BCUT2D eigenvalue weighted by Crippen LogP contribution is 2.38. The highest BCUT2D eigenvalue weighted by Gasteiger charge is 2.33. The third-order valence-electron chi connectivity index (χ3n) is 4.73. The summed E-state index contributed by atoms with van der Waals surface area (Å²) in [6.07, 6.45) is 8.06. The minimum atomic E-state index is 0.587. The molecule has 3 heteroatoms. The summed E-state index contributed by atoms with van der Waals surface area (Å²) in [7, 11) is 0. The number of anilines is 2. The molecule has 2 fully saturated rings. The Morgan fingerprint density at radius 1 is 1.16 bits per heavy atom. The Morgan fingerprint density at radius 2 is 1.95 bits per heavy atom.